The first-order valence-electron chi connectivity index (χ1n) is 7.00. The van der Waals surface area contributed by atoms with Gasteiger partial charge in [-0.05, 0) is 25.3 Å². The van der Waals surface area contributed by atoms with Gasteiger partial charge in [-0.1, -0.05) is 6.57 Å². The van der Waals surface area contributed by atoms with Gasteiger partial charge in [0.05, 0.1) is 6.20 Å². The fraction of sp³-hybridized carbons (Fsp3) is 0.429. The van der Waals surface area contributed by atoms with Crippen LogP contribution in [0.15, 0.2) is 18.6 Å². The first-order chi connectivity index (χ1) is 10.3. The lowest BCUT2D eigenvalue weighted by Gasteiger charge is -2.31. The first-order valence-corrected chi connectivity index (χ1v) is 7.00. The van der Waals surface area contributed by atoms with Crippen LogP contribution in [-0.4, -0.2) is 39.8 Å². The van der Waals surface area contributed by atoms with Crippen molar-refractivity contribution in [1.29, 1.82) is 0 Å². The minimum Gasteiger partial charge on any atom is -0.359 e. The predicted octanol–water partition coefficient (Wildman–Crippen LogP) is 1.59. The maximum Gasteiger partial charge on any atom is 0.296 e. The predicted molar refractivity (Wildman–Crippen MR) is 79.9 cm³/mol. The van der Waals surface area contributed by atoms with E-state index in [4.69, 9.17) is 12.3 Å². The molecule has 1 aliphatic heterocycles. The summed E-state index contributed by atoms with van der Waals surface area (Å²) in [5.41, 5.74) is 7.09. The Morgan fingerprint density at radius 2 is 2.19 bits per heavy atom. The third kappa shape index (κ3) is 2.71. The van der Waals surface area contributed by atoms with E-state index < -0.39 is 0 Å². The molecule has 108 valence electrons. The van der Waals surface area contributed by atoms with E-state index in [2.05, 4.69) is 29.9 Å². The molecule has 21 heavy (non-hydrogen) atoms. The number of piperidine rings is 1. The highest BCUT2D eigenvalue weighted by Crippen LogP contribution is 2.29. The fourth-order valence-corrected chi connectivity index (χ4v) is 2.58. The molecule has 1 fully saturated rings. The number of nitrogens with two attached hydrogens (primary N) is 1. The number of H-pyrrole nitrogens is 1. The van der Waals surface area contributed by atoms with E-state index in [0.717, 1.165) is 43.9 Å². The monoisotopic (exact) mass is 283 g/mol. The summed E-state index contributed by atoms with van der Waals surface area (Å²) in [6.45, 7) is 9.82. The molecule has 1 saturated heterocycles. The van der Waals surface area contributed by atoms with Gasteiger partial charge in [0, 0.05) is 24.8 Å². The number of aromatic amines is 1. The molecule has 0 atom stereocenters. The standard InChI is InChI=1S/C14H17N7/c1-16-14-13(11-7-18-19-8-11)20-12(9-17-14)21-4-2-10(6-15)3-5-21/h7-10H,2-6,15H2,(H,18,19). The molecule has 3 heterocycles. The van der Waals surface area contributed by atoms with Gasteiger partial charge in [0.25, 0.3) is 5.82 Å². The summed E-state index contributed by atoms with van der Waals surface area (Å²) in [4.78, 5) is 14.5. The van der Waals surface area contributed by atoms with Crippen LogP contribution in [0.1, 0.15) is 12.8 Å². The lowest BCUT2D eigenvalue weighted by molar-refractivity contribution is 0.413. The summed E-state index contributed by atoms with van der Waals surface area (Å²) in [6, 6.07) is 0. The average Bonchev–Trinajstić information content (AvgIpc) is 3.08. The Kier molecular flexibility index (Phi) is 3.79. The zero-order valence-electron chi connectivity index (χ0n) is 11.7. The van der Waals surface area contributed by atoms with Crippen LogP contribution in [0.5, 0.6) is 0 Å². The Labute approximate surface area is 123 Å². The zero-order chi connectivity index (χ0) is 14.7. The van der Waals surface area contributed by atoms with Crippen molar-refractivity contribution >= 4 is 11.6 Å². The molecule has 7 heteroatoms. The minimum absolute atomic E-state index is 0.303. The fourth-order valence-electron chi connectivity index (χ4n) is 2.58. The summed E-state index contributed by atoms with van der Waals surface area (Å²) in [5.74, 6) is 1.72. The zero-order valence-corrected chi connectivity index (χ0v) is 11.7. The van der Waals surface area contributed by atoms with E-state index in [9.17, 15) is 0 Å². The van der Waals surface area contributed by atoms with E-state index in [1.54, 1.807) is 18.6 Å². The largest absolute Gasteiger partial charge is 0.359 e. The summed E-state index contributed by atoms with van der Waals surface area (Å²) < 4.78 is 0. The molecule has 0 aliphatic carbocycles. The molecule has 7 nitrogen and oxygen atoms in total. The van der Waals surface area contributed by atoms with Crippen LogP contribution in [0.2, 0.25) is 0 Å². The van der Waals surface area contributed by atoms with Gasteiger partial charge < -0.3 is 15.5 Å². The Morgan fingerprint density at radius 3 is 2.81 bits per heavy atom. The van der Waals surface area contributed by atoms with Crippen molar-refractivity contribution in [2.75, 3.05) is 24.5 Å². The van der Waals surface area contributed by atoms with Crippen LogP contribution < -0.4 is 10.6 Å². The maximum atomic E-state index is 7.22. The highest BCUT2D eigenvalue weighted by Gasteiger charge is 2.21. The smallest absolute Gasteiger partial charge is 0.296 e. The first kappa shape index (κ1) is 13.5. The molecule has 0 spiro atoms. The van der Waals surface area contributed by atoms with Crippen molar-refractivity contribution in [3.8, 4) is 11.3 Å². The summed E-state index contributed by atoms with van der Waals surface area (Å²) in [7, 11) is 0. The number of nitrogens with one attached hydrogen (secondary N) is 1. The van der Waals surface area contributed by atoms with Crippen molar-refractivity contribution in [2.45, 2.75) is 12.8 Å². The summed E-state index contributed by atoms with van der Waals surface area (Å²) >= 11 is 0. The SMILES string of the molecule is [C-]#[N+]c1ncc(N2CCC(CN)CC2)nc1-c1cn[nH]c1. The van der Waals surface area contributed by atoms with Crippen molar-refractivity contribution in [2.24, 2.45) is 11.7 Å². The molecule has 0 amide bonds. The van der Waals surface area contributed by atoms with Crippen molar-refractivity contribution in [3.63, 3.8) is 0 Å². The number of nitrogens with zero attached hydrogens (tertiary/aromatic N) is 5. The topological polar surface area (TPSA) is 88.1 Å². The van der Waals surface area contributed by atoms with E-state index in [0.29, 0.717) is 17.4 Å². The van der Waals surface area contributed by atoms with Gasteiger partial charge in [-0.3, -0.25) is 5.10 Å². The van der Waals surface area contributed by atoms with Crippen LogP contribution in [0.25, 0.3) is 16.1 Å². The number of anilines is 1. The molecule has 3 N–H and O–H groups in total. The lowest BCUT2D eigenvalue weighted by Crippen LogP contribution is -2.36. The molecule has 0 aromatic carbocycles. The highest BCUT2D eigenvalue weighted by molar-refractivity contribution is 5.72. The number of hydrogen-bond acceptors (Lipinski definition) is 5. The van der Waals surface area contributed by atoms with Crippen LogP contribution in [0, 0.1) is 12.5 Å². The quantitative estimate of drug-likeness (QED) is 0.835. The molecular formula is C14H17N7. The molecule has 0 unspecified atom stereocenters. The number of rotatable bonds is 3. The van der Waals surface area contributed by atoms with Gasteiger partial charge in [0.15, 0.2) is 12.0 Å². The number of hydrogen-bond donors (Lipinski definition) is 2. The normalized spacial score (nSPS) is 15.9. The molecular weight excluding hydrogens is 266 g/mol. The van der Waals surface area contributed by atoms with E-state index in [1.165, 1.54) is 0 Å². The Hall–Kier alpha value is -2.46. The third-order valence-corrected chi connectivity index (χ3v) is 3.89. The molecule has 0 saturated carbocycles. The lowest BCUT2D eigenvalue weighted by atomic mass is 9.97. The highest BCUT2D eigenvalue weighted by atomic mass is 15.2. The second kappa shape index (κ2) is 5.89. The Balaban J connectivity index is 1.88. The van der Waals surface area contributed by atoms with Gasteiger partial charge in [-0.25, -0.2) is 4.98 Å². The van der Waals surface area contributed by atoms with Crippen LogP contribution in [-0.2, 0) is 0 Å². The molecule has 1 aliphatic rings. The average molecular weight is 283 g/mol. The summed E-state index contributed by atoms with van der Waals surface area (Å²) in [6.07, 6.45) is 7.21. The molecule has 0 radical (unpaired) electrons. The van der Waals surface area contributed by atoms with Gasteiger partial charge in [-0.15, -0.1) is 4.98 Å². The minimum atomic E-state index is 0.303. The maximum absolute atomic E-state index is 7.22. The van der Waals surface area contributed by atoms with E-state index >= 15 is 0 Å². The third-order valence-electron chi connectivity index (χ3n) is 3.89. The van der Waals surface area contributed by atoms with Gasteiger partial charge in [0.1, 0.15) is 5.69 Å². The summed E-state index contributed by atoms with van der Waals surface area (Å²) in [5, 5.41) is 6.66. The second-order valence-corrected chi connectivity index (χ2v) is 5.17. The van der Waals surface area contributed by atoms with Crippen LogP contribution >= 0.6 is 0 Å². The Morgan fingerprint density at radius 1 is 1.38 bits per heavy atom. The second-order valence-electron chi connectivity index (χ2n) is 5.17. The van der Waals surface area contributed by atoms with Crippen molar-refractivity contribution in [1.82, 2.24) is 20.2 Å². The molecule has 0 bridgehead atoms. The Bertz CT molecular complexity index is 636. The molecule has 3 rings (SSSR count). The van der Waals surface area contributed by atoms with Gasteiger partial charge in [-0.2, -0.15) is 5.10 Å². The van der Waals surface area contributed by atoms with E-state index in [1.807, 2.05) is 0 Å². The molecule has 2 aromatic rings. The van der Waals surface area contributed by atoms with Crippen LogP contribution in [0.3, 0.4) is 0 Å². The van der Waals surface area contributed by atoms with Crippen molar-refractivity contribution in [3.05, 3.63) is 30.0 Å². The number of aromatic nitrogens is 4. The van der Waals surface area contributed by atoms with Crippen molar-refractivity contribution < 1.29 is 0 Å². The van der Waals surface area contributed by atoms with E-state index in [-0.39, 0.29) is 0 Å². The molecule has 2 aromatic heterocycles. The van der Waals surface area contributed by atoms with Gasteiger partial charge in [0.2, 0.25) is 0 Å². The van der Waals surface area contributed by atoms with Gasteiger partial charge >= 0.3 is 0 Å². The van der Waals surface area contributed by atoms with Crippen LogP contribution in [0.4, 0.5) is 11.6 Å².